The summed E-state index contributed by atoms with van der Waals surface area (Å²) in [5.41, 5.74) is 1.66. The summed E-state index contributed by atoms with van der Waals surface area (Å²) < 4.78 is 5.06. The molecule has 1 aromatic rings. The minimum absolute atomic E-state index is 0.0750. The maximum absolute atomic E-state index is 10.00. The van der Waals surface area contributed by atoms with Crippen molar-refractivity contribution in [1.29, 1.82) is 0 Å². The van der Waals surface area contributed by atoms with Gasteiger partial charge in [-0.2, -0.15) is 0 Å². The lowest BCUT2D eigenvalue weighted by atomic mass is 9.87. The van der Waals surface area contributed by atoms with Gasteiger partial charge in [-0.1, -0.05) is 6.07 Å². The highest BCUT2D eigenvalue weighted by molar-refractivity contribution is 5.50. The summed E-state index contributed by atoms with van der Waals surface area (Å²) in [7, 11) is 1.51. The molecule has 1 aliphatic rings. The summed E-state index contributed by atoms with van der Waals surface area (Å²) in [5.74, 6) is 0.910. The highest BCUT2D eigenvalue weighted by Crippen LogP contribution is 2.38. The third-order valence-corrected chi connectivity index (χ3v) is 3.44. The van der Waals surface area contributed by atoms with Gasteiger partial charge in [-0.3, -0.25) is 0 Å². The molecule has 4 nitrogen and oxygen atoms in total. The van der Waals surface area contributed by atoms with Gasteiger partial charge in [0.1, 0.15) is 0 Å². The number of hydrogen-bond acceptors (Lipinski definition) is 4. The van der Waals surface area contributed by atoms with Gasteiger partial charge in [0, 0.05) is 5.56 Å². The molecule has 0 atom stereocenters. The summed E-state index contributed by atoms with van der Waals surface area (Å²) in [6.07, 6.45) is 2.08. The Bertz CT molecular complexity index is 386. The van der Waals surface area contributed by atoms with E-state index in [4.69, 9.17) is 4.74 Å². The van der Waals surface area contributed by atoms with E-state index in [0.29, 0.717) is 17.2 Å². The van der Waals surface area contributed by atoms with E-state index in [9.17, 15) is 10.2 Å². The molecule has 0 spiro atoms. The van der Waals surface area contributed by atoms with Crippen LogP contribution in [0.15, 0.2) is 12.1 Å². The molecule has 2 rings (SSSR count). The summed E-state index contributed by atoms with van der Waals surface area (Å²) >= 11 is 0. The standard InChI is InChI=1S/C13H19NO3/c1-17-12-3-2-10(11(8-15)13(12)16)9-4-6-14-7-5-9/h2-3,9,14-16H,4-8H2,1H3. The minimum Gasteiger partial charge on any atom is -0.504 e. The second kappa shape index (κ2) is 5.38. The van der Waals surface area contributed by atoms with Crippen molar-refractivity contribution in [2.45, 2.75) is 25.4 Å². The zero-order chi connectivity index (χ0) is 12.3. The van der Waals surface area contributed by atoms with E-state index >= 15 is 0 Å². The minimum atomic E-state index is -0.151. The molecule has 4 heteroatoms. The fraction of sp³-hybridized carbons (Fsp3) is 0.538. The Hall–Kier alpha value is -1.26. The van der Waals surface area contributed by atoms with Crippen LogP contribution in [0.1, 0.15) is 29.9 Å². The van der Waals surface area contributed by atoms with Gasteiger partial charge in [-0.25, -0.2) is 0 Å². The fourth-order valence-electron chi connectivity index (χ4n) is 2.48. The summed E-state index contributed by atoms with van der Waals surface area (Å²) in [6, 6.07) is 3.73. The lowest BCUT2D eigenvalue weighted by Gasteiger charge is -2.25. The van der Waals surface area contributed by atoms with Gasteiger partial charge in [0.25, 0.3) is 0 Å². The fourth-order valence-corrected chi connectivity index (χ4v) is 2.48. The Morgan fingerprint density at radius 2 is 2.06 bits per heavy atom. The Morgan fingerprint density at radius 1 is 1.35 bits per heavy atom. The Labute approximate surface area is 101 Å². The van der Waals surface area contributed by atoms with Gasteiger partial charge in [0.05, 0.1) is 13.7 Å². The van der Waals surface area contributed by atoms with Crippen LogP contribution >= 0.6 is 0 Å². The normalized spacial score (nSPS) is 17.1. The van der Waals surface area contributed by atoms with Gasteiger partial charge in [-0.15, -0.1) is 0 Å². The maximum atomic E-state index is 10.00. The average Bonchev–Trinajstić information content (AvgIpc) is 2.39. The van der Waals surface area contributed by atoms with Gasteiger partial charge < -0.3 is 20.3 Å². The van der Waals surface area contributed by atoms with Gasteiger partial charge in [0.2, 0.25) is 0 Å². The lowest BCUT2D eigenvalue weighted by molar-refractivity contribution is 0.269. The third-order valence-electron chi connectivity index (χ3n) is 3.44. The highest BCUT2D eigenvalue weighted by atomic mass is 16.5. The Balaban J connectivity index is 2.35. The van der Waals surface area contributed by atoms with Crippen molar-refractivity contribution < 1.29 is 14.9 Å². The molecule has 17 heavy (non-hydrogen) atoms. The van der Waals surface area contributed by atoms with Crippen molar-refractivity contribution in [3.8, 4) is 11.5 Å². The summed E-state index contributed by atoms with van der Waals surface area (Å²) in [5, 5.41) is 22.7. The van der Waals surface area contributed by atoms with E-state index in [1.807, 2.05) is 6.07 Å². The van der Waals surface area contributed by atoms with Crippen LogP contribution in [0.3, 0.4) is 0 Å². The molecule has 1 fully saturated rings. The van der Waals surface area contributed by atoms with Crippen LogP contribution in [-0.2, 0) is 6.61 Å². The van der Waals surface area contributed by atoms with Gasteiger partial charge >= 0.3 is 0 Å². The molecule has 0 radical (unpaired) electrons. The second-order valence-electron chi connectivity index (χ2n) is 4.37. The zero-order valence-electron chi connectivity index (χ0n) is 10.1. The number of aromatic hydroxyl groups is 1. The van der Waals surface area contributed by atoms with E-state index in [2.05, 4.69) is 5.32 Å². The van der Waals surface area contributed by atoms with Gasteiger partial charge in [0.15, 0.2) is 11.5 Å². The molecular weight excluding hydrogens is 218 g/mol. The third kappa shape index (κ3) is 2.37. The molecule has 1 heterocycles. The van der Waals surface area contributed by atoms with Crippen LogP contribution in [0.4, 0.5) is 0 Å². The van der Waals surface area contributed by atoms with Crippen LogP contribution in [0.5, 0.6) is 11.5 Å². The van der Waals surface area contributed by atoms with Crippen molar-refractivity contribution >= 4 is 0 Å². The number of phenols is 1. The van der Waals surface area contributed by atoms with E-state index in [-0.39, 0.29) is 12.4 Å². The van der Waals surface area contributed by atoms with Crippen LogP contribution in [0.2, 0.25) is 0 Å². The molecule has 0 amide bonds. The Kier molecular flexibility index (Phi) is 3.86. The van der Waals surface area contributed by atoms with E-state index in [0.717, 1.165) is 31.5 Å². The highest BCUT2D eigenvalue weighted by Gasteiger charge is 2.21. The predicted octanol–water partition coefficient (Wildman–Crippen LogP) is 1.36. The molecular formula is C13H19NO3. The molecule has 1 saturated heterocycles. The first kappa shape index (κ1) is 12.2. The summed E-state index contributed by atoms with van der Waals surface area (Å²) in [4.78, 5) is 0. The first-order chi connectivity index (χ1) is 8.27. The van der Waals surface area contributed by atoms with E-state index in [1.165, 1.54) is 7.11 Å². The van der Waals surface area contributed by atoms with Crippen molar-refractivity contribution in [1.82, 2.24) is 5.32 Å². The second-order valence-corrected chi connectivity index (χ2v) is 4.37. The van der Waals surface area contributed by atoms with Gasteiger partial charge in [-0.05, 0) is 43.5 Å². The molecule has 3 N–H and O–H groups in total. The number of aliphatic hydroxyl groups is 1. The average molecular weight is 237 g/mol. The molecule has 0 aromatic heterocycles. The zero-order valence-corrected chi connectivity index (χ0v) is 10.1. The molecule has 94 valence electrons. The SMILES string of the molecule is COc1ccc(C2CCNCC2)c(CO)c1O. The van der Waals surface area contributed by atoms with Crippen molar-refractivity contribution in [3.05, 3.63) is 23.3 Å². The van der Waals surface area contributed by atoms with Crippen molar-refractivity contribution in [2.24, 2.45) is 0 Å². The number of rotatable bonds is 3. The maximum Gasteiger partial charge on any atom is 0.163 e. The number of ether oxygens (including phenoxy) is 1. The number of benzene rings is 1. The smallest absolute Gasteiger partial charge is 0.163 e. The number of hydrogen-bond donors (Lipinski definition) is 3. The quantitative estimate of drug-likeness (QED) is 0.743. The lowest BCUT2D eigenvalue weighted by Crippen LogP contribution is -2.27. The predicted molar refractivity (Wildman–Crippen MR) is 65.4 cm³/mol. The molecule has 1 aliphatic heterocycles. The van der Waals surface area contributed by atoms with E-state index < -0.39 is 0 Å². The number of piperidine rings is 1. The number of nitrogens with one attached hydrogen (secondary N) is 1. The van der Waals surface area contributed by atoms with Crippen LogP contribution in [-0.4, -0.2) is 30.4 Å². The molecule has 0 aliphatic carbocycles. The topological polar surface area (TPSA) is 61.7 Å². The summed E-state index contributed by atoms with van der Waals surface area (Å²) in [6.45, 7) is 1.83. The van der Waals surface area contributed by atoms with Crippen LogP contribution in [0, 0.1) is 0 Å². The van der Waals surface area contributed by atoms with Crippen molar-refractivity contribution in [3.63, 3.8) is 0 Å². The van der Waals surface area contributed by atoms with E-state index in [1.54, 1.807) is 6.07 Å². The number of methoxy groups -OCH3 is 1. The molecule has 1 aromatic carbocycles. The number of aliphatic hydroxyl groups excluding tert-OH is 1. The monoisotopic (exact) mass is 237 g/mol. The largest absolute Gasteiger partial charge is 0.504 e. The first-order valence-electron chi connectivity index (χ1n) is 5.98. The molecule has 0 saturated carbocycles. The van der Waals surface area contributed by atoms with Crippen LogP contribution in [0.25, 0.3) is 0 Å². The Morgan fingerprint density at radius 3 is 2.65 bits per heavy atom. The first-order valence-corrected chi connectivity index (χ1v) is 5.98. The van der Waals surface area contributed by atoms with Crippen molar-refractivity contribution in [2.75, 3.05) is 20.2 Å². The van der Waals surface area contributed by atoms with Crippen LogP contribution < -0.4 is 10.1 Å². The molecule has 0 bridgehead atoms. The molecule has 0 unspecified atom stereocenters.